The topological polar surface area (TPSA) is 113 Å². The molecule has 0 spiro atoms. The minimum Gasteiger partial charge on any atom is -0.345 e. The van der Waals surface area contributed by atoms with Crippen LogP contribution in [0, 0.1) is 0 Å². The number of unbranched alkanes of at least 4 members (excludes halogenated alkanes) is 2. The lowest BCUT2D eigenvalue weighted by Gasteiger charge is -2.14. The molecule has 0 bridgehead atoms. The summed E-state index contributed by atoms with van der Waals surface area (Å²) in [6, 6.07) is -1.18. The van der Waals surface area contributed by atoms with Gasteiger partial charge in [-0.3, -0.25) is 14.1 Å². The molecule has 0 aromatic rings. The Kier molecular flexibility index (Phi) is 8.53. The van der Waals surface area contributed by atoms with Crippen LogP contribution < -0.4 is 10.6 Å². The third kappa shape index (κ3) is 10.6. The summed E-state index contributed by atoms with van der Waals surface area (Å²) in [7, 11) is -2.44. The normalized spacial score (nSPS) is 13.0. The van der Waals surface area contributed by atoms with Gasteiger partial charge in [0.15, 0.2) is 5.78 Å². The monoisotopic (exact) mass is 294 g/mol. The summed E-state index contributed by atoms with van der Waals surface area (Å²) in [5.41, 5.74) is 0. The Morgan fingerprint density at radius 2 is 1.84 bits per heavy atom. The summed E-state index contributed by atoms with van der Waals surface area (Å²) in [4.78, 5) is 22.7. The first-order valence-corrected chi connectivity index (χ1v) is 7.76. The number of ketones is 1. The maximum atomic E-state index is 11.5. The summed E-state index contributed by atoms with van der Waals surface area (Å²) in [5, 5.41) is 5.31. The standard InChI is InChI=1S/C11H22N2O5S/c1-9(14)10(8-19(16,17)18)13-11(15)6-4-3-5-7-12-2/h10,12H,3-8H2,1-2H3,(H,13,15)(H,16,17,18). The van der Waals surface area contributed by atoms with Gasteiger partial charge in [-0.05, 0) is 33.4 Å². The van der Waals surface area contributed by atoms with Crippen LogP contribution in [0.2, 0.25) is 0 Å². The first kappa shape index (κ1) is 18.0. The molecule has 112 valence electrons. The lowest BCUT2D eigenvalue weighted by molar-refractivity contribution is -0.126. The van der Waals surface area contributed by atoms with Gasteiger partial charge in [0, 0.05) is 6.42 Å². The van der Waals surface area contributed by atoms with Crippen molar-refractivity contribution >= 4 is 21.8 Å². The zero-order chi connectivity index (χ0) is 14.9. The quantitative estimate of drug-likeness (QED) is 0.377. The van der Waals surface area contributed by atoms with Crippen LogP contribution in [0.25, 0.3) is 0 Å². The molecule has 0 aromatic heterocycles. The van der Waals surface area contributed by atoms with Crippen molar-refractivity contribution < 1.29 is 22.6 Å². The van der Waals surface area contributed by atoms with Crippen LogP contribution in [0.5, 0.6) is 0 Å². The lowest BCUT2D eigenvalue weighted by atomic mass is 10.1. The molecule has 0 aliphatic heterocycles. The Hall–Kier alpha value is -0.990. The van der Waals surface area contributed by atoms with Gasteiger partial charge in [-0.2, -0.15) is 8.42 Å². The highest BCUT2D eigenvalue weighted by Gasteiger charge is 2.22. The number of Topliss-reactive ketones (excluding diaryl/α,β-unsaturated/α-hetero) is 1. The van der Waals surface area contributed by atoms with Gasteiger partial charge in [0.1, 0.15) is 11.8 Å². The maximum Gasteiger partial charge on any atom is 0.267 e. The number of carbonyl (C=O) groups is 2. The van der Waals surface area contributed by atoms with Crippen LogP contribution in [0.1, 0.15) is 32.6 Å². The van der Waals surface area contributed by atoms with E-state index in [-0.39, 0.29) is 12.3 Å². The van der Waals surface area contributed by atoms with Crippen LogP contribution in [0.3, 0.4) is 0 Å². The summed E-state index contributed by atoms with van der Waals surface area (Å²) < 4.78 is 30.1. The van der Waals surface area contributed by atoms with Crippen LogP contribution in [0.4, 0.5) is 0 Å². The van der Waals surface area contributed by atoms with E-state index in [0.717, 1.165) is 19.4 Å². The van der Waals surface area contributed by atoms with E-state index in [4.69, 9.17) is 4.55 Å². The molecule has 8 heteroatoms. The average Bonchev–Trinajstić information content (AvgIpc) is 2.26. The molecular formula is C11H22N2O5S. The van der Waals surface area contributed by atoms with Gasteiger partial charge >= 0.3 is 0 Å². The molecule has 1 atom stereocenters. The van der Waals surface area contributed by atoms with Crippen molar-refractivity contribution in [3.63, 3.8) is 0 Å². The number of amides is 1. The molecule has 1 unspecified atom stereocenters. The Bertz CT molecular complexity index is 394. The predicted molar refractivity (Wildman–Crippen MR) is 71.4 cm³/mol. The molecule has 0 aliphatic carbocycles. The van der Waals surface area contributed by atoms with Gasteiger partial charge in [-0.1, -0.05) is 6.42 Å². The number of hydrogen-bond acceptors (Lipinski definition) is 5. The predicted octanol–water partition coefficient (Wildman–Crippen LogP) is -0.272. The fourth-order valence-electron chi connectivity index (χ4n) is 1.50. The molecule has 0 radical (unpaired) electrons. The van der Waals surface area contributed by atoms with Crippen LogP contribution in [-0.4, -0.2) is 50.0 Å². The molecule has 0 heterocycles. The molecule has 0 fully saturated rings. The molecule has 7 nitrogen and oxygen atoms in total. The van der Waals surface area contributed by atoms with Gasteiger partial charge in [-0.15, -0.1) is 0 Å². The molecule has 0 rings (SSSR count). The lowest BCUT2D eigenvalue weighted by Crippen LogP contribution is -2.44. The van der Waals surface area contributed by atoms with E-state index in [9.17, 15) is 18.0 Å². The van der Waals surface area contributed by atoms with Crippen molar-refractivity contribution in [2.45, 2.75) is 38.6 Å². The minimum atomic E-state index is -4.29. The summed E-state index contributed by atoms with van der Waals surface area (Å²) in [5.74, 6) is -1.66. The van der Waals surface area contributed by atoms with E-state index < -0.39 is 27.7 Å². The summed E-state index contributed by atoms with van der Waals surface area (Å²) >= 11 is 0. The second-order valence-electron chi connectivity index (χ2n) is 4.39. The molecule has 19 heavy (non-hydrogen) atoms. The van der Waals surface area contributed by atoms with E-state index in [1.807, 2.05) is 7.05 Å². The molecular weight excluding hydrogens is 272 g/mol. The third-order valence-corrected chi connectivity index (χ3v) is 3.29. The van der Waals surface area contributed by atoms with E-state index in [1.165, 1.54) is 6.92 Å². The Morgan fingerprint density at radius 3 is 2.32 bits per heavy atom. The van der Waals surface area contributed by atoms with Crippen molar-refractivity contribution in [3.05, 3.63) is 0 Å². The van der Waals surface area contributed by atoms with E-state index in [2.05, 4.69) is 10.6 Å². The average molecular weight is 294 g/mol. The Labute approximate surface area is 113 Å². The largest absolute Gasteiger partial charge is 0.345 e. The number of hydrogen-bond donors (Lipinski definition) is 3. The number of rotatable bonds is 10. The number of carbonyl (C=O) groups excluding carboxylic acids is 2. The molecule has 0 aromatic carbocycles. The second kappa shape index (κ2) is 9.00. The highest BCUT2D eigenvalue weighted by atomic mass is 32.2. The van der Waals surface area contributed by atoms with Crippen LogP contribution >= 0.6 is 0 Å². The third-order valence-electron chi connectivity index (χ3n) is 2.53. The van der Waals surface area contributed by atoms with E-state index in [1.54, 1.807) is 0 Å². The Morgan fingerprint density at radius 1 is 1.21 bits per heavy atom. The van der Waals surface area contributed by atoms with Crippen molar-refractivity contribution in [2.75, 3.05) is 19.3 Å². The van der Waals surface area contributed by atoms with Crippen LogP contribution in [-0.2, 0) is 19.7 Å². The number of nitrogens with one attached hydrogen (secondary N) is 2. The van der Waals surface area contributed by atoms with Crippen molar-refractivity contribution in [1.29, 1.82) is 0 Å². The van der Waals surface area contributed by atoms with Gasteiger partial charge in [0.05, 0.1) is 0 Å². The zero-order valence-corrected chi connectivity index (χ0v) is 12.1. The molecule has 0 saturated carbocycles. The molecule has 0 aliphatic rings. The highest BCUT2D eigenvalue weighted by molar-refractivity contribution is 7.85. The second-order valence-corrected chi connectivity index (χ2v) is 5.89. The maximum absolute atomic E-state index is 11.5. The molecule has 3 N–H and O–H groups in total. The van der Waals surface area contributed by atoms with Crippen molar-refractivity contribution in [1.82, 2.24) is 10.6 Å². The Balaban J connectivity index is 4.08. The zero-order valence-electron chi connectivity index (χ0n) is 11.3. The van der Waals surface area contributed by atoms with Gasteiger partial charge in [0.25, 0.3) is 10.1 Å². The fraction of sp³-hybridized carbons (Fsp3) is 0.818. The minimum absolute atomic E-state index is 0.235. The van der Waals surface area contributed by atoms with Gasteiger partial charge in [-0.25, -0.2) is 0 Å². The first-order chi connectivity index (χ1) is 8.76. The summed E-state index contributed by atoms with van der Waals surface area (Å²) in [6.07, 6.45) is 2.73. The molecule has 0 saturated heterocycles. The van der Waals surface area contributed by atoms with Crippen molar-refractivity contribution in [3.8, 4) is 0 Å². The van der Waals surface area contributed by atoms with Gasteiger partial charge < -0.3 is 10.6 Å². The summed E-state index contributed by atoms with van der Waals surface area (Å²) in [6.45, 7) is 2.05. The van der Waals surface area contributed by atoms with Gasteiger partial charge in [0.2, 0.25) is 5.91 Å². The SMILES string of the molecule is CNCCCCCC(=O)NC(CS(=O)(=O)O)C(C)=O. The van der Waals surface area contributed by atoms with E-state index >= 15 is 0 Å². The highest BCUT2D eigenvalue weighted by Crippen LogP contribution is 2.00. The first-order valence-electron chi connectivity index (χ1n) is 6.16. The van der Waals surface area contributed by atoms with Crippen LogP contribution in [0.15, 0.2) is 0 Å². The van der Waals surface area contributed by atoms with Crippen molar-refractivity contribution in [2.24, 2.45) is 0 Å². The smallest absolute Gasteiger partial charge is 0.267 e. The van der Waals surface area contributed by atoms with E-state index in [0.29, 0.717) is 6.42 Å². The fourth-order valence-corrected chi connectivity index (χ4v) is 2.24. The molecule has 1 amide bonds.